The number of nitrogens with zero attached hydrogens (tertiary/aromatic N) is 3. The Morgan fingerprint density at radius 2 is 1.89 bits per heavy atom. The lowest BCUT2D eigenvalue weighted by Crippen LogP contribution is -2.33. The summed E-state index contributed by atoms with van der Waals surface area (Å²) >= 11 is 0. The van der Waals surface area contributed by atoms with Gasteiger partial charge >= 0.3 is 0 Å². The maximum Gasteiger partial charge on any atom is 0.151 e. The van der Waals surface area contributed by atoms with Crippen LogP contribution in [0.15, 0.2) is 35.6 Å². The monoisotopic (exact) mass is 385 g/mol. The van der Waals surface area contributed by atoms with Gasteiger partial charge in [-0.05, 0) is 56.0 Å². The van der Waals surface area contributed by atoms with Gasteiger partial charge in [-0.3, -0.25) is 0 Å². The normalized spacial score (nSPS) is 14.7. The van der Waals surface area contributed by atoms with E-state index in [0.717, 1.165) is 43.0 Å². The van der Waals surface area contributed by atoms with Crippen LogP contribution in [-0.2, 0) is 0 Å². The first kappa shape index (κ1) is 19.9. The van der Waals surface area contributed by atoms with Crippen LogP contribution >= 0.6 is 0 Å². The molecule has 0 unspecified atom stereocenters. The van der Waals surface area contributed by atoms with E-state index in [0.29, 0.717) is 22.9 Å². The standard InChI is InChI=1S/C21H28FN5O/c1-14-9-11-27(12-10-14)20-8-6-17(15(2)21(20)22)24-16-5-7-19(26(4)25-28)18(13-16)23-3/h5-8,13-14,23-24H,9-12H2,1-4H3. The van der Waals surface area contributed by atoms with Gasteiger partial charge in [0, 0.05) is 44.1 Å². The number of benzene rings is 2. The fourth-order valence-corrected chi connectivity index (χ4v) is 3.60. The topological polar surface area (TPSA) is 60.0 Å². The van der Waals surface area contributed by atoms with E-state index in [1.54, 1.807) is 27.1 Å². The van der Waals surface area contributed by atoms with Crippen LogP contribution in [0, 0.1) is 23.6 Å². The minimum atomic E-state index is -0.171. The summed E-state index contributed by atoms with van der Waals surface area (Å²) in [6, 6.07) is 9.30. The van der Waals surface area contributed by atoms with Gasteiger partial charge < -0.3 is 15.5 Å². The molecule has 7 heteroatoms. The molecule has 1 fully saturated rings. The van der Waals surface area contributed by atoms with Crippen LogP contribution < -0.4 is 20.5 Å². The molecule has 1 aliphatic rings. The molecule has 0 aliphatic carbocycles. The van der Waals surface area contributed by atoms with Crippen LogP contribution in [0.2, 0.25) is 0 Å². The average molecular weight is 385 g/mol. The van der Waals surface area contributed by atoms with E-state index in [4.69, 9.17) is 0 Å². The lowest BCUT2D eigenvalue weighted by molar-refractivity contribution is 0.434. The second-order valence-corrected chi connectivity index (χ2v) is 7.45. The van der Waals surface area contributed by atoms with Crippen molar-refractivity contribution in [2.45, 2.75) is 26.7 Å². The summed E-state index contributed by atoms with van der Waals surface area (Å²) in [5.74, 6) is 0.536. The molecule has 0 saturated carbocycles. The van der Waals surface area contributed by atoms with Gasteiger partial charge in [-0.25, -0.2) is 9.40 Å². The van der Waals surface area contributed by atoms with Crippen molar-refractivity contribution < 1.29 is 4.39 Å². The molecule has 0 atom stereocenters. The van der Waals surface area contributed by atoms with Crippen molar-refractivity contribution in [3.8, 4) is 0 Å². The largest absolute Gasteiger partial charge is 0.386 e. The quantitative estimate of drug-likeness (QED) is 0.524. The molecule has 2 aromatic rings. The lowest BCUT2D eigenvalue weighted by atomic mass is 9.98. The SMILES string of the molecule is CNc1cc(Nc2ccc(N3CCC(C)CC3)c(F)c2C)ccc1N(C)N=O. The van der Waals surface area contributed by atoms with E-state index >= 15 is 4.39 Å². The molecule has 0 aromatic heterocycles. The van der Waals surface area contributed by atoms with Crippen molar-refractivity contribution in [3.63, 3.8) is 0 Å². The molecule has 150 valence electrons. The van der Waals surface area contributed by atoms with Crippen molar-refractivity contribution in [3.05, 3.63) is 46.6 Å². The lowest BCUT2D eigenvalue weighted by Gasteiger charge is -2.33. The highest BCUT2D eigenvalue weighted by Gasteiger charge is 2.20. The molecule has 28 heavy (non-hydrogen) atoms. The predicted molar refractivity (Wildman–Crippen MR) is 115 cm³/mol. The maximum absolute atomic E-state index is 15.1. The smallest absolute Gasteiger partial charge is 0.151 e. The van der Waals surface area contributed by atoms with E-state index in [-0.39, 0.29) is 5.82 Å². The Labute approximate surface area is 165 Å². The van der Waals surface area contributed by atoms with Crippen molar-refractivity contribution >= 4 is 28.4 Å². The van der Waals surface area contributed by atoms with E-state index in [1.165, 1.54) is 5.01 Å². The van der Waals surface area contributed by atoms with Crippen LogP contribution in [0.3, 0.4) is 0 Å². The minimum Gasteiger partial charge on any atom is -0.386 e. The van der Waals surface area contributed by atoms with Crippen LogP contribution in [0.4, 0.5) is 32.8 Å². The third-order valence-electron chi connectivity index (χ3n) is 5.51. The number of nitroso groups, excluding NO2 is 1. The molecular weight excluding hydrogens is 357 g/mol. The molecule has 2 N–H and O–H groups in total. The van der Waals surface area contributed by atoms with Crippen LogP contribution in [0.25, 0.3) is 0 Å². The van der Waals surface area contributed by atoms with Crippen LogP contribution in [0.1, 0.15) is 25.3 Å². The molecule has 0 radical (unpaired) electrons. The number of hydrogen-bond donors (Lipinski definition) is 2. The Bertz CT molecular complexity index is 849. The number of anilines is 5. The molecule has 1 aliphatic heterocycles. The molecule has 1 saturated heterocycles. The Hall–Kier alpha value is -2.83. The van der Waals surface area contributed by atoms with E-state index in [9.17, 15) is 4.91 Å². The molecular formula is C21H28FN5O. The Kier molecular flexibility index (Phi) is 6.02. The number of hydrogen-bond acceptors (Lipinski definition) is 5. The molecule has 0 amide bonds. The van der Waals surface area contributed by atoms with Crippen molar-refractivity contribution in [2.75, 3.05) is 47.7 Å². The molecule has 2 aromatic carbocycles. The minimum absolute atomic E-state index is 0.171. The fraction of sp³-hybridized carbons (Fsp3) is 0.429. The molecule has 0 spiro atoms. The highest BCUT2D eigenvalue weighted by atomic mass is 19.1. The third kappa shape index (κ3) is 4.03. The summed E-state index contributed by atoms with van der Waals surface area (Å²) in [6.45, 7) is 5.84. The van der Waals surface area contributed by atoms with Gasteiger partial charge in [0.05, 0.1) is 22.3 Å². The Morgan fingerprint density at radius 1 is 1.18 bits per heavy atom. The first-order valence-corrected chi connectivity index (χ1v) is 9.64. The summed E-state index contributed by atoms with van der Waals surface area (Å²) in [5.41, 5.74) is 4.22. The first-order valence-electron chi connectivity index (χ1n) is 9.64. The second-order valence-electron chi connectivity index (χ2n) is 7.45. The van der Waals surface area contributed by atoms with E-state index in [2.05, 4.69) is 27.7 Å². The fourth-order valence-electron chi connectivity index (χ4n) is 3.60. The summed E-state index contributed by atoms with van der Waals surface area (Å²) in [5, 5.41) is 10.5. The van der Waals surface area contributed by atoms with E-state index < -0.39 is 0 Å². The van der Waals surface area contributed by atoms with Gasteiger partial charge in [0.25, 0.3) is 0 Å². The van der Waals surface area contributed by atoms with Crippen molar-refractivity contribution in [1.29, 1.82) is 0 Å². The summed E-state index contributed by atoms with van der Waals surface area (Å²) in [4.78, 5) is 12.9. The maximum atomic E-state index is 15.1. The van der Waals surface area contributed by atoms with Gasteiger partial charge in [0.15, 0.2) is 5.82 Å². The molecule has 0 bridgehead atoms. The van der Waals surface area contributed by atoms with Gasteiger partial charge in [-0.15, -0.1) is 4.91 Å². The van der Waals surface area contributed by atoms with Crippen molar-refractivity contribution in [1.82, 2.24) is 0 Å². The predicted octanol–water partition coefficient (Wildman–Crippen LogP) is 5.27. The number of nitrogens with one attached hydrogen (secondary N) is 2. The Morgan fingerprint density at radius 3 is 2.54 bits per heavy atom. The number of rotatable bonds is 6. The van der Waals surface area contributed by atoms with Gasteiger partial charge in [0.2, 0.25) is 0 Å². The number of halogens is 1. The summed E-state index contributed by atoms with van der Waals surface area (Å²) in [7, 11) is 3.37. The molecule has 1 heterocycles. The third-order valence-corrected chi connectivity index (χ3v) is 5.51. The average Bonchev–Trinajstić information content (AvgIpc) is 2.71. The first-order chi connectivity index (χ1) is 13.4. The number of piperidine rings is 1. The summed E-state index contributed by atoms with van der Waals surface area (Å²) in [6.07, 6.45) is 2.20. The van der Waals surface area contributed by atoms with Crippen LogP contribution in [-0.4, -0.2) is 27.2 Å². The summed E-state index contributed by atoms with van der Waals surface area (Å²) < 4.78 is 15.1. The van der Waals surface area contributed by atoms with Crippen molar-refractivity contribution in [2.24, 2.45) is 11.2 Å². The van der Waals surface area contributed by atoms with Gasteiger partial charge in [0.1, 0.15) is 0 Å². The molecule has 6 nitrogen and oxygen atoms in total. The zero-order valence-corrected chi connectivity index (χ0v) is 16.9. The van der Waals surface area contributed by atoms with Gasteiger partial charge in [-0.2, -0.15) is 0 Å². The Balaban J connectivity index is 1.83. The highest BCUT2D eigenvalue weighted by Crippen LogP contribution is 2.34. The van der Waals surface area contributed by atoms with Crippen LogP contribution in [0.5, 0.6) is 0 Å². The van der Waals surface area contributed by atoms with Gasteiger partial charge in [-0.1, -0.05) is 6.92 Å². The van der Waals surface area contributed by atoms with E-state index in [1.807, 2.05) is 24.3 Å². The highest BCUT2D eigenvalue weighted by molar-refractivity contribution is 5.77. The molecule has 3 rings (SSSR count). The zero-order chi connectivity index (χ0) is 20.3. The second kappa shape index (κ2) is 8.46. The zero-order valence-electron chi connectivity index (χ0n) is 16.9.